The number of amides is 1. The van der Waals surface area contributed by atoms with Gasteiger partial charge in [0.1, 0.15) is 11.3 Å². The third-order valence-corrected chi connectivity index (χ3v) is 4.59. The predicted molar refractivity (Wildman–Crippen MR) is 97.5 cm³/mol. The Labute approximate surface area is 146 Å². The number of nitrogens with zero attached hydrogens (tertiary/aromatic N) is 2. The van der Waals surface area contributed by atoms with Gasteiger partial charge < -0.3 is 14.7 Å². The van der Waals surface area contributed by atoms with Crippen LogP contribution in [0.25, 0.3) is 0 Å². The molecule has 1 aromatic heterocycles. The number of carbonyl (C=O) groups is 1. The number of hydrogen-bond acceptors (Lipinski definition) is 4. The summed E-state index contributed by atoms with van der Waals surface area (Å²) in [6.07, 6.45) is 1.00. The number of benzene rings is 2. The molecule has 0 bridgehead atoms. The van der Waals surface area contributed by atoms with Crippen LogP contribution in [0.5, 0.6) is 0 Å². The highest BCUT2D eigenvalue weighted by molar-refractivity contribution is 6.07. The van der Waals surface area contributed by atoms with Gasteiger partial charge in [0.25, 0.3) is 5.91 Å². The van der Waals surface area contributed by atoms with Crippen molar-refractivity contribution in [3.63, 3.8) is 0 Å². The Morgan fingerprint density at radius 1 is 1.08 bits per heavy atom. The molecule has 0 spiro atoms. The zero-order chi connectivity index (χ0) is 17.4. The molecule has 25 heavy (non-hydrogen) atoms. The van der Waals surface area contributed by atoms with Crippen molar-refractivity contribution in [3.05, 3.63) is 71.1 Å². The van der Waals surface area contributed by atoms with E-state index in [9.17, 15) is 4.79 Å². The normalized spacial score (nSPS) is 13.0. The van der Waals surface area contributed by atoms with Crippen LogP contribution in [-0.2, 0) is 6.42 Å². The van der Waals surface area contributed by atoms with Crippen LogP contribution in [0.3, 0.4) is 0 Å². The lowest BCUT2D eigenvalue weighted by atomic mass is 10.1. The van der Waals surface area contributed by atoms with E-state index in [0.717, 1.165) is 24.3 Å². The number of rotatable bonds is 3. The molecular weight excluding hydrogens is 314 g/mol. The van der Waals surface area contributed by atoms with Crippen molar-refractivity contribution in [1.82, 2.24) is 5.16 Å². The molecule has 0 radical (unpaired) electrons. The number of fused-ring (bicyclic) bond motifs is 1. The first-order valence-electron chi connectivity index (χ1n) is 8.34. The SMILES string of the molecule is Cc1noc(C)c1C(=O)Nc1ccccc1N1CCc2ccccc21. The van der Waals surface area contributed by atoms with Crippen LogP contribution >= 0.6 is 0 Å². The van der Waals surface area contributed by atoms with E-state index < -0.39 is 0 Å². The van der Waals surface area contributed by atoms with E-state index in [1.807, 2.05) is 30.3 Å². The summed E-state index contributed by atoms with van der Waals surface area (Å²) >= 11 is 0. The third kappa shape index (κ3) is 2.67. The van der Waals surface area contributed by atoms with Crippen LogP contribution < -0.4 is 10.2 Å². The molecule has 2 heterocycles. The lowest BCUT2D eigenvalue weighted by Gasteiger charge is -2.23. The minimum atomic E-state index is -0.198. The van der Waals surface area contributed by atoms with E-state index in [1.165, 1.54) is 11.3 Å². The maximum Gasteiger partial charge on any atom is 0.261 e. The third-order valence-electron chi connectivity index (χ3n) is 4.59. The van der Waals surface area contributed by atoms with Gasteiger partial charge in [-0.05, 0) is 44.0 Å². The lowest BCUT2D eigenvalue weighted by Crippen LogP contribution is -2.19. The first kappa shape index (κ1) is 15.4. The van der Waals surface area contributed by atoms with Crippen LogP contribution in [0.15, 0.2) is 53.1 Å². The molecule has 0 atom stereocenters. The van der Waals surface area contributed by atoms with E-state index in [-0.39, 0.29) is 5.91 Å². The molecule has 2 aromatic carbocycles. The highest BCUT2D eigenvalue weighted by Gasteiger charge is 2.24. The number of nitrogens with one attached hydrogen (secondary N) is 1. The summed E-state index contributed by atoms with van der Waals surface area (Å²) in [4.78, 5) is 14.9. The second kappa shape index (κ2) is 6.09. The van der Waals surface area contributed by atoms with Crippen LogP contribution in [-0.4, -0.2) is 17.6 Å². The van der Waals surface area contributed by atoms with Gasteiger partial charge in [-0.3, -0.25) is 4.79 Å². The summed E-state index contributed by atoms with van der Waals surface area (Å²) in [6, 6.07) is 16.2. The fourth-order valence-electron chi connectivity index (χ4n) is 3.40. The molecule has 0 saturated heterocycles. The molecule has 5 nitrogen and oxygen atoms in total. The van der Waals surface area contributed by atoms with Crippen LogP contribution in [0.1, 0.15) is 27.4 Å². The van der Waals surface area contributed by atoms with Gasteiger partial charge in [-0.15, -0.1) is 0 Å². The van der Waals surface area contributed by atoms with Gasteiger partial charge in [-0.2, -0.15) is 0 Å². The fraction of sp³-hybridized carbons (Fsp3) is 0.200. The highest BCUT2D eigenvalue weighted by atomic mass is 16.5. The number of hydrogen-bond donors (Lipinski definition) is 1. The average molecular weight is 333 g/mol. The summed E-state index contributed by atoms with van der Waals surface area (Å²) in [7, 11) is 0. The minimum Gasteiger partial charge on any atom is -0.361 e. The smallest absolute Gasteiger partial charge is 0.261 e. The van der Waals surface area contributed by atoms with Gasteiger partial charge in [0.15, 0.2) is 0 Å². The molecule has 1 N–H and O–H groups in total. The molecule has 1 amide bonds. The molecule has 0 unspecified atom stereocenters. The summed E-state index contributed by atoms with van der Waals surface area (Å²) in [5.41, 5.74) is 5.39. The maximum atomic E-state index is 12.7. The van der Waals surface area contributed by atoms with E-state index in [2.05, 4.69) is 33.6 Å². The Balaban J connectivity index is 1.68. The van der Waals surface area contributed by atoms with Gasteiger partial charge in [-0.1, -0.05) is 35.5 Å². The summed E-state index contributed by atoms with van der Waals surface area (Å²) < 4.78 is 5.11. The molecule has 4 rings (SSSR count). The highest BCUT2D eigenvalue weighted by Crippen LogP contribution is 2.38. The van der Waals surface area contributed by atoms with Gasteiger partial charge in [0.2, 0.25) is 0 Å². The van der Waals surface area contributed by atoms with E-state index in [0.29, 0.717) is 17.0 Å². The first-order chi connectivity index (χ1) is 12.1. The largest absolute Gasteiger partial charge is 0.361 e. The number of para-hydroxylation sites is 3. The Hall–Kier alpha value is -3.08. The van der Waals surface area contributed by atoms with Crippen molar-refractivity contribution in [2.75, 3.05) is 16.8 Å². The Morgan fingerprint density at radius 3 is 2.56 bits per heavy atom. The molecular formula is C20H19N3O2. The van der Waals surface area contributed by atoms with Gasteiger partial charge >= 0.3 is 0 Å². The molecule has 0 saturated carbocycles. The maximum absolute atomic E-state index is 12.7. The van der Waals surface area contributed by atoms with Gasteiger partial charge in [0.05, 0.1) is 17.1 Å². The summed E-state index contributed by atoms with van der Waals surface area (Å²) in [6.45, 7) is 4.42. The van der Waals surface area contributed by atoms with Crippen LogP contribution in [0.4, 0.5) is 17.1 Å². The molecule has 126 valence electrons. The summed E-state index contributed by atoms with van der Waals surface area (Å²) in [5.74, 6) is 0.329. The van der Waals surface area contributed by atoms with E-state index >= 15 is 0 Å². The van der Waals surface area contributed by atoms with Gasteiger partial charge in [-0.25, -0.2) is 0 Å². The summed E-state index contributed by atoms with van der Waals surface area (Å²) in [5, 5.41) is 6.88. The Morgan fingerprint density at radius 2 is 1.80 bits per heavy atom. The fourth-order valence-corrected chi connectivity index (χ4v) is 3.40. The second-order valence-electron chi connectivity index (χ2n) is 6.20. The lowest BCUT2D eigenvalue weighted by molar-refractivity contribution is 0.102. The topological polar surface area (TPSA) is 58.4 Å². The van der Waals surface area contributed by atoms with Crippen molar-refractivity contribution in [3.8, 4) is 0 Å². The van der Waals surface area contributed by atoms with E-state index in [4.69, 9.17) is 4.52 Å². The number of aromatic nitrogens is 1. The quantitative estimate of drug-likeness (QED) is 0.779. The number of anilines is 3. The average Bonchev–Trinajstić information content (AvgIpc) is 3.19. The van der Waals surface area contributed by atoms with Crippen molar-refractivity contribution < 1.29 is 9.32 Å². The van der Waals surface area contributed by atoms with Crippen LogP contribution in [0.2, 0.25) is 0 Å². The second-order valence-corrected chi connectivity index (χ2v) is 6.20. The molecule has 0 aliphatic carbocycles. The molecule has 1 aliphatic rings. The monoisotopic (exact) mass is 333 g/mol. The van der Waals surface area contributed by atoms with Crippen molar-refractivity contribution >= 4 is 23.0 Å². The Bertz CT molecular complexity index is 926. The Kier molecular flexibility index (Phi) is 3.76. The van der Waals surface area contributed by atoms with Crippen LogP contribution in [0, 0.1) is 13.8 Å². The first-order valence-corrected chi connectivity index (χ1v) is 8.34. The van der Waals surface area contributed by atoms with E-state index in [1.54, 1.807) is 13.8 Å². The number of carbonyl (C=O) groups excluding carboxylic acids is 1. The van der Waals surface area contributed by atoms with Crippen molar-refractivity contribution in [2.45, 2.75) is 20.3 Å². The molecule has 1 aliphatic heterocycles. The zero-order valence-electron chi connectivity index (χ0n) is 14.2. The minimum absolute atomic E-state index is 0.198. The van der Waals surface area contributed by atoms with Crippen molar-refractivity contribution in [1.29, 1.82) is 0 Å². The standard InChI is InChI=1S/C20H19N3O2/c1-13-19(14(2)25-22-13)20(24)21-16-8-4-6-10-18(16)23-12-11-15-7-3-5-9-17(15)23/h3-10H,11-12H2,1-2H3,(H,21,24). The molecule has 5 heteroatoms. The molecule has 0 fully saturated rings. The molecule has 3 aromatic rings. The zero-order valence-corrected chi connectivity index (χ0v) is 14.2. The van der Waals surface area contributed by atoms with Crippen molar-refractivity contribution in [2.24, 2.45) is 0 Å². The van der Waals surface area contributed by atoms with Gasteiger partial charge in [0, 0.05) is 12.2 Å². The number of aryl methyl sites for hydroxylation is 2. The predicted octanol–water partition coefficient (Wildman–Crippen LogP) is 4.24.